The lowest BCUT2D eigenvalue weighted by atomic mass is 10.1. The summed E-state index contributed by atoms with van der Waals surface area (Å²) in [5.41, 5.74) is 0.609. The quantitative estimate of drug-likeness (QED) is 0.880. The van der Waals surface area contributed by atoms with Gasteiger partial charge < -0.3 is 15.4 Å². The zero-order chi connectivity index (χ0) is 13.8. The van der Waals surface area contributed by atoms with Crippen molar-refractivity contribution in [2.45, 2.75) is 13.3 Å². The zero-order valence-corrected chi connectivity index (χ0v) is 13.0. The summed E-state index contributed by atoms with van der Waals surface area (Å²) in [5.74, 6) is 0.624. The molecule has 1 saturated heterocycles. The molecule has 1 amide bonds. The first-order valence-corrected chi connectivity index (χ1v) is 7.42. The number of anilines is 1. The first kappa shape index (κ1) is 14.6. The fourth-order valence-corrected chi connectivity index (χ4v) is 2.98. The summed E-state index contributed by atoms with van der Waals surface area (Å²) < 4.78 is 6.29. The van der Waals surface area contributed by atoms with Gasteiger partial charge in [-0.15, -0.1) is 0 Å². The fourth-order valence-electron chi connectivity index (χ4n) is 2.06. The third-order valence-electron chi connectivity index (χ3n) is 2.99. The van der Waals surface area contributed by atoms with Crippen LogP contribution in [0.4, 0.5) is 5.69 Å². The van der Waals surface area contributed by atoms with Crippen molar-refractivity contribution in [3.05, 3.63) is 21.6 Å². The second-order valence-electron chi connectivity index (χ2n) is 4.38. The summed E-state index contributed by atoms with van der Waals surface area (Å²) in [4.78, 5) is 12.1. The van der Waals surface area contributed by atoms with Gasteiger partial charge in [0.2, 0.25) is 5.91 Å². The Balaban J connectivity index is 2.20. The highest BCUT2D eigenvalue weighted by Gasteiger charge is 2.23. The van der Waals surface area contributed by atoms with Crippen LogP contribution in [-0.2, 0) is 4.79 Å². The average Bonchev–Trinajstić information content (AvgIpc) is 2.87. The highest BCUT2D eigenvalue weighted by atomic mass is 79.9. The van der Waals surface area contributed by atoms with Crippen LogP contribution in [-0.4, -0.2) is 25.6 Å². The Bertz CT molecular complexity index is 476. The van der Waals surface area contributed by atoms with Gasteiger partial charge in [0.25, 0.3) is 0 Å². The number of benzene rings is 1. The molecule has 2 rings (SSSR count). The largest absolute Gasteiger partial charge is 0.491 e. The highest BCUT2D eigenvalue weighted by Crippen LogP contribution is 2.37. The Morgan fingerprint density at radius 1 is 1.63 bits per heavy atom. The van der Waals surface area contributed by atoms with Crippen molar-refractivity contribution in [2.75, 3.05) is 25.0 Å². The molecule has 2 N–H and O–H groups in total. The Morgan fingerprint density at radius 2 is 2.42 bits per heavy atom. The van der Waals surface area contributed by atoms with E-state index in [2.05, 4.69) is 26.6 Å². The molecule has 6 heteroatoms. The summed E-state index contributed by atoms with van der Waals surface area (Å²) in [6.45, 7) is 4.02. The van der Waals surface area contributed by atoms with E-state index in [1.807, 2.05) is 6.92 Å². The van der Waals surface area contributed by atoms with Gasteiger partial charge in [-0.1, -0.05) is 11.6 Å². The maximum absolute atomic E-state index is 12.1. The van der Waals surface area contributed by atoms with Crippen molar-refractivity contribution >= 4 is 39.1 Å². The Morgan fingerprint density at radius 3 is 3.05 bits per heavy atom. The van der Waals surface area contributed by atoms with Crippen LogP contribution in [0.25, 0.3) is 0 Å². The summed E-state index contributed by atoms with van der Waals surface area (Å²) in [7, 11) is 0. The third kappa shape index (κ3) is 3.61. The molecule has 1 heterocycles. The second-order valence-corrected chi connectivity index (χ2v) is 5.67. The van der Waals surface area contributed by atoms with E-state index in [1.54, 1.807) is 12.1 Å². The van der Waals surface area contributed by atoms with Crippen LogP contribution in [0.5, 0.6) is 5.75 Å². The standard InChI is InChI=1S/C13H16BrClN2O2/c1-2-19-12-10(14)5-9(15)6-11(12)17-13(18)8-3-4-16-7-8/h5-6,8,16H,2-4,7H2,1H3,(H,17,18). The molecular weight excluding hydrogens is 332 g/mol. The third-order valence-corrected chi connectivity index (χ3v) is 3.79. The van der Waals surface area contributed by atoms with Crippen molar-refractivity contribution in [3.8, 4) is 5.75 Å². The normalized spacial score (nSPS) is 18.4. The van der Waals surface area contributed by atoms with Crippen LogP contribution >= 0.6 is 27.5 Å². The van der Waals surface area contributed by atoms with E-state index >= 15 is 0 Å². The molecule has 1 aliphatic rings. The van der Waals surface area contributed by atoms with Crippen molar-refractivity contribution in [2.24, 2.45) is 5.92 Å². The van der Waals surface area contributed by atoms with E-state index in [0.29, 0.717) is 23.1 Å². The average molecular weight is 348 g/mol. The van der Waals surface area contributed by atoms with E-state index < -0.39 is 0 Å². The molecule has 1 aromatic carbocycles. The van der Waals surface area contributed by atoms with Gasteiger partial charge in [-0.3, -0.25) is 4.79 Å². The second kappa shape index (κ2) is 6.59. The minimum absolute atomic E-state index is 0.000111. The Hall–Kier alpha value is -0.780. The van der Waals surface area contributed by atoms with Crippen LogP contribution in [0.3, 0.4) is 0 Å². The number of nitrogens with one attached hydrogen (secondary N) is 2. The van der Waals surface area contributed by atoms with Gasteiger partial charge in [-0.25, -0.2) is 0 Å². The van der Waals surface area contributed by atoms with Crippen molar-refractivity contribution in [1.82, 2.24) is 5.32 Å². The molecule has 19 heavy (non-hydrogen) atoms. The lowest BCUT2D eigenvalue weighted by Gasteiger charge is -2.15. The maximum Gasteiger partial charge on any atom is 0.228 e. The van der Waals surface area contributed by atoms with Crippen LogP contribution < -0.4 is 15.4 Å². The lowest BCUT2D eigenvalue weighted by molar-refractivity contribution is -0.119. The highest BCUT2D eigenvalue weighted by molar-refractivity contribution is 9.10. The zero-order valence-electron chi connectivity index (χ0n) is 10.6. The molecule has 104 valence electrons. The number of ether oxygens (including phenoxy) is 1. The van der Waals surface area contributed by atoms with E-state index in [4.69, 9.17) is 16.3 Å². The van der Waals surface area contributed by atoms with Crippen molar-refractivity contribution in [1.29, 1.82) is 0 Å². The molecule has 1 fully saturated rings. The Kier molecular flexibility index (Phi) is 5.07. The lowest BCUT2D eigenvalue weighted by Crippen LogP contribution is -2.25. The van der Waals surface area contributed by atoms with Gasteiger partial charge in [0, 0.05) is 11.6 Å². The minimum atomic E-state index is 0.000111. The first-order valence-electron chi connectivity index (χ1n) is 6.25. The number of carbonyl (C=O) groups excluding carboxylic acids is 1. The predicted octanol–water partition coefficient (Wildman–Crippen LogP) is 3.05. The molecule has 0 bridgehead atoms. The number of hydrogen-bond donors (Lipinski definition) is 2. The number of halogens is 2. The number of carbonyl (C=O) groups is 1. The van der Waals surface area contributed by atoms with E-state index in [9.17, 15) is 4.79 Å². The van der Waals surface area contributed by atoms with Crippen molar-refractivity contribution < 1.29 is 9.53 Å². The van der Waals surface area contributed by atoms with E-state index in [-0.39, 0.29) is 11.8 Å². The van der Waals surface area contributed by atoms with Crippen molar-refractivity contribution in [3.63, 3.8) is 0 Å². The monoisotopic (exact) mass is 346 g/mol. The molecule has 1 aromatic rings. The van der Waals surface area contributed by atoms with Gasteiger partial charge in [-0.2, -0.15) is 0 Å². The summed E-state index contributed by atoms with van der Waals surface area (Å²) in [5, 5.41) is 6.63. The molecule has 1 atom stereocenters. The SMILES string of the molecule is CCOc1c(Br)cc(Cl)cc1NC(=O)C1CCNC1. The predicted molar refractivity (Wildman–Crippen MR) is 79.9 cm³/mol. The smallest absolute Gasteiger partial charge is 0.228 e. The number of rotatable bonds is 4. The maximum atomic E-state index is 12.1. The van der Waals surface area contributed by atoms with Gasteiger partial charge in [0.05, 0.1) is 22.7 Å². The number of hydrogen-bond acceptors (Lipinski definition) is 3. The van der Waals surface area contributed by atoms with Gasteiger partial charge >= 0.3 is 0 Å². The molecular formula is C13H16BrClN2O2. The molecule has 0 spiro atoms. The van der Waals surface area contributed by atoms with Crippen LogP contribution in [0.15, 0.2) is 16.6 Å². The fraction of sp³-hybridized carbons (Fsp3) is 0.462. The molecule has 1 aliphatic heterocycles. The number of amides is 1. The van der Waals surface area contributed by atoms with Crippen LogP contribution in [0.1, 0.15) is 13.3 Å². The summed E-state index contributed by atoms with van der Waals surface area (Å²) in [6.07, 6.45) is 0.859. The minimum Gasteiger partial charge on any atom is -0.491 e. The molecule has 4 nitrogen and oxygen atoms in total. The Labute approximate surface area is 126 Å². The van der Waals surface area contributed by atoms with E-state index in [0.717, 1.165) is 24.0 Å². The molecule has 0 aromatic heterocycles. The molecule has 1 unspecified atom stereocenters. The summed E-state index contributed by atoms with van der Waals surface area (Å²) in [6, 6.07) is 3.46. The molecule has 0 aliphatic carbocycles. The van der Waals surface area contributed by atoms with Crippen LogP contribution in [0, 0.1) is 5.92 Å². The van der Waals surface area contributed by atoms with E-state index in [1.165, 1.54) is 0 Å². The topological polar surface area (TPSA) is 50.4 Å². The summed E-state index contributed by atoms with van der Waals surface area (Å²) >= 11 is 9.42. The molecule has 0 radical (unpaired) electrons. The van der Waals surface area contributed by atoms with Gasteiger partial charge in [0.1, 0.15) is 0 Å². The first-order chi connectivity index (χ1) is 9.11. The van der Waals surface area contributed by atoms with Crippen LogP contribution in [0.2, 0.25) is 5.02 Å². The molecule has 0 saturated carbocycles. The van der Waals surface area contributed by atoms with Gasteiger partial charge in [0.15, 0.2) is 5.75 Å². The van der Waals surface area contributed by atoms with Gasteiger partial charge in [-0.05, 0) is 48.0 Å².